The van der Waals surface area contributed by atoms with Gasteiger partial charge in [-0.05, 0) is 48.1 Å². The van der Waals surface area contributed by atoms with E-state index in [2.05, 4.69) is 6.58 Å². The summed E-state index contributed by atoms with van der Waals surface area (Å²) >= 11 is 0. The van der Waals surface area contributed by atoms with Crippen LogP contribution in [0.25, 0.3) is 10.9 Å². The molecule has 0 aliphatic carbocycles. The number of piperazine rings is 1. The zero-order valence-corrected chi connectivity index (χ0v) is 29.9. The Bertz CT molecular complexity index is 2010. The fraction of sp³-hybridized carbons (Fsp3) is 0.341. The molecule has 3 aromatic carbocycles. The first-order chi connectivity index (χ1) is 25.5. The molecule has 0 bridgehead atoms. The number of aromatic hydroxyl groups is 1. The minimum atomic E-state index is -0.920. The van der Waals surface area contributed by atoms with Crippen LogP contribution in [0.2, 0.25) is 0 Å². The van der Waals surface area contributed by atoms with E-state index in [9.17, 15) is 29.1 Å². The second kappa shape index (κ2) is 16.3. The van der Waals surface area contributed by atoms with Crippen molar-refractivity contribution in [2.75, 3.05) is 19.6 Å². The Kier molecular flexibility index (Phi) is 11.4. The van der Waals surface area contributed by atoms with Gasteiger partial charge in [-0.25, -0.2) is 10.0 Å². The average Bonchev–Trinajstić information content (AvgIpc) is 3.49. The minimum absolute atomic E-state index is 0.00991. The number of para-hydroxylation sites is 1. The van der Waals surface area contributed by atoms with Crippen molar-refractivity contribution in [3.8, 4) is 5.75 Å². The lowest BCUT2D eigenvalue weighted by molar-refractivity contribution is -0.205. The van der Waals surface area contributed by atoms with Crippen molar-refractivity contribution in [2.45, 2.75) is 63.7 Å². The molecule has 2 N–H and O–H groups in total. The molecule has 0 unspecified atom stereocenters. The van der Waals surface area contributed by atoms with Crippen LogP contribution in [0.15, 0.2) is 91.6 Å². The molecule has 0 saturated carbocycles. The number of carboxylic acid groups (broad SMARTS) is 1. The highest BCUT2D eigenvalue weighted by Gasteiger charge is 2.51. The van der Waals surface area contributed by atoms with Crippen LogP contribution in [0.4, 0.5) is 0 Å². The van der Waals surface area contributed by atoms with Gasteiger partial charge in [0.25, 0.3) is 0 Å². The number of ketones is 1. The molecule has 3 heterocycles. The van der Waals surface area contributed by atoms with Crippen molar-refractivity contribution in [3.05, 3.63) is 114 Å². The van der Waals surface area contributed by atoms with E-state index in [1.807, 2.05) is 60.1 Å². The monoisotopic (exact) mass is 719 g/mol. The zero-order chi connectivity index (χ0) is 37.6. The normalized spacial score (nSPS) is 17.6. The van der Waals surface area contributed by atoms with Gasteiger partial charge in [-0.2, -0.15) is 0 Å². The molecule has 2 aliphatic heterocycles. The maximum Gasteiger partial charge on any atom is 0.303 e. The van der Waals surface area contributed by atoms with Crippen molar-refractivity contribution < 1.29 is 34.2 Å². The maximum absolute atomic E-state index is 14.6. The molecule has 2 fully saturated rings. The number of hydrazine groups is 1. The van der Waals surface area contributed by atoms with Crippen molar-refractivity contribution in [1.29, 1.82) is 0 Å². The molecule has 53 heavy (non-hydrogen) atoms. The second-order valence-corrected chi connectivity index (χ2v) is 13.7. The zero-order valence-electron chi connectivity index (χ0n) is 29.9. The molecular formula is C41H45N5O7. The van der Waals surface area contributed by atoms with E-state index < -0.39 is 18.2 Å². The number of benzene rings is 3. The summed E-state index contributed by atoms with van der Waals surface area (Å²) in [4.78, 5) is 70.2. The second-order valence-electron chi connectivity index (χ2n) is 13.7. The first kappa shape index (κ1) is 37.0. The van der Waals surface area contributed by atoms with E-state index in [0.717, 1.165) is 27.6 Å². The number of hydrogen-bond donors (Lipinski definition) is 2. The summed E-state index contributed by atoms with van der Waals surface area (Å²) in [6.45, 7) is 4.28. The molecule has 0 spiro atoms. The predicted molar refractivity (Wildman–Crippen MR) is 198 cm³/mol. The molecule has 12 heteroatoms. The van der Waals surface area contributed by atoms with E-state index in [4.69, 9.17) is 5.11 Å². The molecule has 0 radical (unpaired) electrons. The van der Waals surface area contributed by atoms with Crippen molar-refractivity contribution >= 4 is 40.4 Å². The largest absolute Gasteiger partial charge is 0.508 e. The van der Waals surface area contributed by atoms with Crippen LogP contribution in [-0.2, 0) is 45.6 Å². The number of phenols is 1. The smallest absolute Gasteiger partial charge is 0.303 e. The lowest BCUT2D eigenvalue weighted by Crippen LogP contribution is -2.75. The van der Waals surface area contributed by atoms with E-state index in [-0.39, 0.29) is 81.1 Å². The average molecular weight is 720 g/mol. The number of aryl methyl sites for hydroxylation is 2. The highest BCUT2D eigenvalue weighted by atomic mass is 16.4. The molecule has 276 valence electrons. The molecule has 1 aromatic heterocycles. The quantitative estimate of drug-likeness (QED) is 0.102. The van der Waals surface area contributed by atoms with E-state index >= 15 is 0 Å². The van der Waals surface area contributed by atoms with E-state index in [0.29, 0.717) is 24.8 Å². The number of amides is 3. The Labute approximate surface area is 308 Å². The molecule has 2 atom stereocenters. The van der Waals surface area contributed by atoms with Gasteiger partial charge >= 0.3 is 5.97 Å². The number of rotatable bonds is 15. The van der Waals surface area contributed by atoms with Gasteiger partial charge in [0.05, 0.1) is 18.6 Å². The van der Waals surface area contributed by atoms with Crippen molar-refractivity contribution in [1.82, 2.24) is 24.4 Å². The van der Waals surface area contributed by atoms with Crippen LogP contribution in [0.5, 0.6) is 5.75 Å². The van der Waals surface area contributed by atoms with Crippen LogP contribution >= 0.6 is 0 Å². The molecular weight excluding hydrogens is 674 g/mol. The topological polar surface area (TPSA) is 144 Å². The summed E-state index contributed by atoms with van der Waals surface area (Å²) < 4.78 is 1.87. The number of fused-ring (bicyclic) bond motifs is 2. The first-order valence-corrected chi connectivity index (χ1v) is 18.0. The van der Waals surface area contributed by atoms with Gasteiger partial charge in [-0.1, -0.05) is 66.7 Å². The summed E-state index contributed by atoms with van der Waals surface area (Å²) in [5, 5.41) is 23.0. The third-order valence-corrected chi connectivity index (χ3v) is 10.1. The third kappa shape index (κ3) is 8.18. The highest BCUT2D eigenvalue weighted by Crippen LogP contribution is 2.32. The highest BCUT2D eigenvalue weighted by molar-refractivity contribution is 6.08. The number of phenolic OH excluding ortho intramolecular Hbond substituents is 1. The molecule has 6 rings (SSSR count). The van der Waals surface area contributed by atoms with Crippen molar-refractivity contribution in [3.63, 3.8) is 0 Å². The Morgan fingerprint density at radius 2 is 1.64 bits per heavy atom. The van der Waals surface area contributed by atoms with Crippen LogP contribution in [0.1, 0.15) is 59.2 Å². The van der Waals surface area contributed by atoms with E-state index in [1.165, 1.54) is 0 Å². The van der Waals surface area contributed by atoms with Gasteiger partial charge < -0.3 is 24.6 Å². The van der Waals surface area contributed by atoms with Crippen molar-refractivity contribution in [2.24, 2.45) is 7.05 Å². The lowest BCUT2D eigenvalue weighted by atomic mass is 9.97. The van der Waals surface area contributed by atoms with E-state index in [1.54, 1.807) is 56.4 Å². The van der Waals surface area contributed by atoms with Gasteiger partial charge in [-0.15, -0.1) is 6.58 Å². The fourth-order valence-electron chi connectivity index (χ4n) is 7.57. The Hall–Kier alpha value is -5.75. The number of nitrogens with zero attached hydrogens (tertiary/aromatic N) is 5. The predicted octanol–water partition coefficient (Wildman–Crippen LogP) is 4.70. The number of carbonyl (C=O) groups is 5. The first-order valence-electron chi connectivity index (χ1n) is 18.0. The summed E-state index contributed by atoms with van der Waals surface area (Å²) in [7, 11) is 1.85. The van der Waals surface area contributed by atoms with Crippen LogP contribution in [0, 0.1) is 0 Å². The van der Waals surface area contributed by atoms with Gasteiger partial charge in [-0.3, -0.25) is 24.0 Å². The number of aromatic nitrogens is 1. The van der Waals surface area contributed by atoms with Crippen LogP contribution < -0.4 is 0 Å². The van der Waals surface area contributed by atoms with Crippen LogP contribution in [0.3, 0.4) is 0 Å². The maximum atomic E-state index is 14.6. The fourth-order valence-corrected chi connectivity index (χ4v) is 7.57. The van der Waals surface area contributed by atoms with Crippen LogP contribution in [-0.4, -0.2) is 95.9 Å². The van der Waals surface area contributed by atoms with Gasteiger partial charge in [0.2, 0.25) is 17.7 Å². The minimum Gasteiger partial charge on any atom is -0.508 e. The summed E-state index contributed by atoms with van der Waals surface area (Å²) in [6, 6.07) is 21.0. The Morgan fingerprint density at radius 1 is 0.906 bits per heavy atom. The molecule has 2 aliphatic rings. The third-order valence-electron chi connectivity index (χ3n) is 10.1. The standard InChI is InChI=1S/C41H45N5O7/c1-3-22-44-27-38(50)45-34(23-29-16-19-31(47)20-17-29)41(53)43(26-36(45)46(44)37(49)21-18-28-10-5-4-6-11-28)24-30-12-9-13-32-33(25-42(2)40(30)32)35(48)14-7-8-15-39(51)52/h3-6,9-13,16-17,19-20,25,34,36,47H,1,7-8,14-15,18,21-24,26-27H2,2H3,(H,51,52)/t34-,36-/m0/s1. The SMILES string of the molecule is C=CCN1CC(=O)N2[C@@H](Cc3ccc(O)cc3)C(=O)N(Cc3cccc4c(C(=O)CCCCC(=O)O)cn(C)c34)C[C@@H]2N1C(=O)CCc1ccccc1. The summed E-state index contributed by atoms with van der Waals surface area (Å²) in [6.07, 6.45) is 4.65. The Balaban J connectivity index is 1.34. The molecule has 3 amide bonds. The number of aliphatic carboxylic acids is 1. The molecule has 2 saturated heterocycles. The van der Waals surface area contributed by atoms with Gasteiger partial charge in [0, 0.05) is 63.0 Å². The number of carboxylic acids is 1. The molecule has 12 nitrogen and oxygen atoms in total. The van der Waals surface area contributed by atoms with Gasteiger partial charge in [0.1, 0.15) is 18.0 Å². The summed E-state index contributed by atoms with van der Waals surface area (Å²) in [5.41, 5.74) is 3.89. The number of carbonyl (C=O) groups excluding carboxylic acids is 4. The number of Topliss-reactive ketones (excluding diaryl/α,β-unsaturated/α-hetero) is 1. The Morgan fingerprint density at radius 3 is 2.36 bits per heavy atom. The van der Waals surface area contributed by atoms with Gasteiger partial charge in [0.15, 0.2) is 5.78 Å². The lowest BCUT2D eigenvalue weighted by Gasteiger charge is -2.55. The molecule has 4 aromatic rings. The number of unbranched alkanes of at least 4 members (excludes halogenated alkanes) is 1. The number of hydrogen-bond acceptors (Lipinski definition) is 7. The summed E-state index contributed by atoms with van der Waals surface area (Å²) in [5.74, 6) is -1.59.